The van der Waals surface area contributed by atoms with Crippen LogP contribution in [0, 0.1) is 5.82 Å². The smallest absolute Gasteiger partial charge is 0.126 e. The Labute approximate surface area is 120 Å². The molecule has 0 aromatic heterocycles. The van der Waals surface area contributed by atoms with Crippen molar-refractivity contribution in [2.24, 2.45) is 0 Å². The average molecular weight is 281 g/mol. The summed E-state index contributed by atoms with van der Waals surface area (Å²) < 4.78 is 19.1. The highest BCUT2D eigenvalue weighted by atomic mass is 19.1. The maximum Gasteiger partial charge on any atom is 0.126 e. The normalized spacial score (nSPS) is 21.4. The topological polar surface area (TPSA) is 32.7 Å². The van der Waals surface area contributed by atoms with Crippen LogP contribution in [0.2, 0.25) is 0 Å². The SMILES string of the molecule is CCC(C)(C(O)Cc1ccccc1F)N1CCOCC1. The first kappa shape index (κ1) is 15.4. The van der Waals surface area contributed by atoms with Crippen molar-refractivity contribution >= 4 is 0 Å². The number of hydrogen-bond donors (Lipinski definition) is 1. The second kappa shape index (κ2) is 6.66. The summed E-state index contributed by atoms with van der Waals surface area (Å²) in [4.78, 5) is 2.27. The van der Waals surface area contributed by atoms with E-state index in [0.29, 0.717) is 25.2 Å². The summed E-state index contributed by atoms with van der Waals surface area (Å²) in [6.07, 6.45) is 0.569. The number of aliphatic hydroxyl groups is 1. The quantitative estimate of drug-likeness (QED) is 0.898. The predicted molar refractivity (Wildman–Crippen MR) is 77.2 cm³/mol. The molecule has 20 heavy (non-hydrogen) atoms. The first-order valence-electron chi connectivity index (χ1n) is 7.32. The van der Waals surface area contributed by atoms with E-state index in [0.717, 1.165) is 19.5 Å². The van der Waals surface area contributed by atoms with Gasteiger partial charge >= 0.3 is 0 Å². The van der Waals surface area contributed by atoms with Gasteiger partial charge in [-0.3, -0.25) is 4.90 Å². The van der Waals surface area contributed by atoms with Crippen LogP contribution >= 0.6 is 0 Å². The standard InChI is InChI=1S/C16H24FNO2/c1-3-16(2,18-8-10-20-11-9-18)15(19)12-13-6-4-5-7-14(13)17/h4-7,15,19H,3,8-12H2,1-2H3. The minimum atomic E-state index is -0.595. The van der Waals surface area contributed by atoms with Crippen LogP contribution in [0.5, 0.6) is 0 Å². The molecule has 1 aliphatic rings. The van der Waals surface area contributed by atoms with Crippen molar-refractivity contribution in [2.75, 3.05) is 26.3 Å². The Morgan fingerprint density at radius 2 is 2.00 bits per heavy atom. The molecule has 0 amide bonds. The Kier molecular flexibility index (Phi) is 5.13. The summed E-state index contributed by atoms with van der Waals surface area (Å²) in [5.74, 6) is -0.244. The molecule has 112 valence electrons. The summed E-state index contributed by atoms with van der Waals surface area (Å²) in [6, 6.07) is 6.67. The fourth-order valence-electron chi connectivity index (χ4n) is 2.84. The Morgan fingerprint density at radius 1 is 1.35 bits per heavy atom. The van der Waals surface area contributed by atoms with Crippen molar-refractivity contribution in [1.29, 1.82) is 0 Å². The van der Waals surface area contributed by atoms with E-state index < -0.39 is 6.10 Å². The van der Waals surface area contributed by atoms with E-state index in [1.54, 1.807) is 12.1 Å². The van der Waals surface area contributed by atoms with Gasteiger partial charge in [-0.25, -0.2) is 4.39 Å². The molecule has 1 aromatic carbocycles. The molecule has 2 unspecified atom stereocenters. The Balaban J connectivity index is 2.11. The third kappa shape index (κ3) is 3.19. The lowest BCUT2D eigenvalue weighted by atomic mass is 9.85. The van der Waals surface area contributed by atoms with Crippen LogP contribution in [0.3, 0.4) is 0 Å². The molecule has 0 radical (unpaired) electrons. The predicted octanol–water partition coefficient (Wildman–Crippen LogP) is 2.23. The van der Waals surface area contributed by atoms with Gasteiger partial charge in [0.2, 0.25) is 0 Å². The number of aliphatic hydroxyl groups excluding tert-OH is 1. The number of ether oxygens (including phenoxy) is 1. The molecule has 2 atom stereocenters. The van der Waals surface area contributed by atoms with Gasteiger partial charge in [-0.1, -0.05) is 25.1 Å². The molecule has 1 fully saturated rings. The van der Waals surface area contributed by atoms with Crippen LogP contribution in [-0.2, 0) is 11.2 Å². The molecule has 1 heterocycles. The lowest BCUT2D eigenvalue weighted by Crippen LogP contribution is -2.58. The van der Waals surface area contributed by atoms with Gasteiger partial charge in [0.05, 0.1) is 19.3 Å². The number of morpholine rings is 1. The van der Waals surface area contributed by atoms with Gasteiger partial charge in [0.15, 0.2) is 0 Å². The van der Waals surface area contributed by atoms with Crippen LogP contribution < -0.4 is 0 Å². The molecule has 1 N–H and O–H groups in total. The summed E-state index contributed by atoms with van der Waals surface area (Å²) in [5, 5.41) is 10.6. The Bertz CT molecular complexity index is 434. The first-order chi connectivity index (χ1) is 9.58. The number of halogens is 1. The lowest BCUT2D eigenvalue weighted by molar-refractivity contribution is -0.0716. The molecular formula is C16H24FNO2. The maximum absolute atomic E-state index is 13.7. The maximum atomic E-state index is 13.7. The van der Waals surface area contributed by atoms with Crippen LogP contribution in [0.1, 0.15) is 25.8 Å². The van der Waals surface area contributed by atoms with Crippen LogP contribution in [0.15, 0.2) is 24.3 Å². The van der Waals surface area contributed by atoms with Crippen molar-refractivity contribution in [3.63, 3.8) is 0 Å². The van der Waals surface area contributed by atoms with Gasteiger partial charge in [-0.15, -0.1) is 0 Å². The Hall–Kier alpha value is -0.970. The summed E-state index contributed by atoms with van der Waals surface area (Å²) in [5.41, 5.74) is 0.236. The summed E-state index contributed by atoms with van der Waals surface area (Å²) in [6.45, 7) is 7.16. The minimum Gasteiger partial charge on any atom is -0.391 e. The van der Waals surface area contributed by atoms with Gasteiger partial charge in [0.1, 0.15) is 5.82 Å². The fourth-order valence-corrected chi connectivity index (χ4v) is 2.84. The summed E-state index contributed by atoms with van der Waals surface area (Å²) >= 11 is 0. The van der Waals surface area contributed by atoms with Crippen molar-refractivity contribution < 1.29 is 14.2 Å². The zero-order chi connectivity index (χ0) is 14.6. The molecule has 0 bridgehead atoms. The van der Waals surface area contributed by atoms with Crippen molar-refractivity contribution in [1.82, 2.24) is 4.90 Å². The van der Waals surface area contributed by atoms with Crippen LogP contribution in [0.4, 0.5) is 4.39 Å². The van der Waals surface area contributed by atoms with E-state index >= 15 is 0 Å². The van der Waals surface area contributed by atoms with Gasteiger partial charge in [-0.2, -0.15) is 0 Å². The third-order valence-electron chi connectivity index (χ3n) is 4.54. The van der Waals surface area contributed by atoms with Crippen molar-refractivity contribution in [3.05, 3.63) is 35.6 Å². The van der Waals surface area contributed by atoms with E-state index in [1.165, 1.54) is 6.07 Å². The molecule has 1 aromatic rings. The second-order valence-electron chi connectivity index (χ2n) is 5.62. The third-order valence-corrected chi connectivity index (χ3v) is 4.54. The summed E-state index contributed by atoms with van der Waals surface area (Å²) in [7, 11) is 0. The van der Waals surface area contributed by atoms with E-state index in [2.05, 4.69) is 18.7 Å². The van der Waals surface area contributed by atoms with E-state index in [-0.39, 0.29) is 11.4 Å². The largest absolute Gasteiger partial charge is 0.391 e. The molecule has 3 nitrogen and oxygen atoms in total. The van der Waals surface area contributed by atoms with Gasteiger partial charge in [-0.05, 0) is 25.0 Å². The molecule has 4 heteroatoms. The zero-order valence-corrected chi connectivity index (χ0v) is 12.3. The van der Waals surface area contributed by atoms with Gasteiger partial charge < -0.3 is 9.84 Å². The highest BCUT2D eigenvalue weighted by Crippen LogP contribution is 2.27. The minimum absolute atomic E-state index is 0.244. The molecule has 2 rings (SSSR count). The Morgan fingerprint density at radius 3 is 2.60 bits per heavy atom. The number of nitrogens with zero attached hydrogens (tertiary/aromatic N) is 1. The highest BCUT2D eigenvalue weighted by molar-refractivity contribution is 5.19. The van der Waals surface area contributed by atoms with Crippen LogP contribution in [-0.4, -0.2) is 48.0 Å². The first-order valence-corrected chi connectivity index (χ1v) is 7.32. The van der Waals surface area contributed by atoms with Crippen molar-refractivity contribution in [2.45, 2.75) is 38.3 Å². The van der Waals surface area contributed by atoms with Crippen molar-refractivity contribution in [3.8, 4) is 0 Å². The van der Waals surface area contributed by atoms with Crippen LogP contribution in [0.25, 0.3) is 0 Å². The lowest BCUT2D eigenvalue weighted by Gasteiger charge is -2.46. The number of benzene rings is 1. The highest BCUT2D eigenvalue weighted by Gasteiger charge is 2.38. The molecule has 1 saturated heterocycles. The van der Waals surface area contributed by atoms with E-state index in [1.807, 2.05) is 6.07 Å². The van der Waals surface area contributed by atoms with Gasteiger partial charge in [0.25, 0.3) is 0 Å². The molecular weight excluding hydrogens is 257 g/mol. The van der Waals surface area contributed by atoms with E-state index in [4.69, 9.17) is 4.74 Å². The monoisotopic (exact) mass is 281 g/mol. The fraction of sp³-hybridized carbons (Fsp3) is 0.625. The van der Waals surface area contributed by atoms with Gasteiger partial charge in [0, 0.05) is 25.0 Å². The number of hydrogen-bond acceptors (Lipinski definition) is 3. The number of rotatable bonds is 5. The molecule has 0 spiro atoms. The molecule has 0 saturated carbocycles. The second-order valence-corrected chi connectivity index (χ2v) is 5.62. The molecule has 0 aliphatic carbocycles. The van der Waals surface area contributed by atoms with E-state index in [9.17, 15) is 9.50 Å². The zero-order valence-electron chi connectivity index (χ0n) is 12.3. The molecule has 1 aliphatic heterocycles. The average Bonchev–Trinajstić information content (AvgIpc) is 2.49.